The largest absolute Gasteiger partial charge is 0.466 e. The van der Waals surface area contributed by atoms with Crippen molar-refractivity contribution in [2.24, 2.45) is 0 Å². The number of rotatable bonds is 3. The zero-order chi connectivity index (χ0) is 15.7. The van der Waals surface area contributed by atoms with E-state index < -0.39 is 6.03 Å². The summed E-state index contributed by atoms with van der Waals surface area (Å²) in [5.41, 5.74) is 1.97. The smallest absolute Gasteiger partial charge is 0.329 e. The highest BCUT2D eigenvalue weighted by atomic mass is 16.3. The van der Waals surface area contributed by atoms with E-state index in [2.05, 4.69) is 5.32 Å². The van der Waals surface area contributed by atoms with Crippen LogP contribution in [0.5, 0.6) is 0 Å². The van der Waals surface area contributed by atoms with Crippen LogP contribution in [0.3, 0.4) is 0 Å². The molecule has 1 aliphatic rings. The number of aryl methyl sites for hydroxylation is 2. The fourth-order valence-corrected chi connectivity index (χ4v) is 2.43. The molecule has 1 aliphatic heterocycles. The number of furan rings is 1. The van der Waals surface area contributed by atoms with E-state index >= 15 is 0 Å². The molecule has 0 radical (unpaired) electrons. The molecular formula is C17H16N2O3. The molecule has 0 saturated carbocycles. The fourth-order valence-electron chi connectivity index (χ4n) is 2.43. The fraction of sp³-hybridized carbons (Fsp3) is 0.176. The van der Waals surface area contributed by atoms with Crippen LogP contribution in [0, 0.1) is 13.8 Å². The molecule has 1 saturated heterocycles. The number of nitrogens with one attached hydrogen (secondary N) is 1. The molecular weight excluding hydrogens is 280 g/mol. The van der Waals surface area contributed by atoms with Gasteiger partial charge in [-0.2, -0.15) is 0 Å². The van der Waals surface area contributed by atoms with Crippen molar-refractivity contribution in [2.75, 3.05) is 0 Å². The average Bonchev–Trinajstić information content (AvgIpc) is 2.94. The van der Waals surface area contributed by atoms with Gasteiger partial charge in [-0.15, -0.1) is 0 Å². The molecule has 0 atom stereocenters. The van der Waals surface area contributed by atoms with Crippen LogP contribution in [-0.2, 0) is 11.3 Å². The lowest BCUT2D eigenvalue weighted by Crippen LogP contribution is -2.30. The Balaban J connectivity index is 1.84. The maximum Gasteiger partial charge on any atom is 0.329 e. The molecule has 0 spiro atoms. The molecule has 3 rings (SSSR count). The van der Waals surface area contributed by atoms with Crippen molar-refractivity contribution >= 4 is 18.0 Å². The van der Waals surface area contributed by atoms with Gasteiger partial charge in [0, 0.05) is 5.56 Å². The number of hydrogen-bond donors (Lipinski definition) is 1. The first-order valence-corrected chi connectivity index (χ1v) is 7.00. The second-order valence-electron chi connectivity index (χ2n) is 5.23. The highest BCUT2D eigenvalue weighted by Gasteiger charge is 2.33. The summed E-state index contributed by atoms with van der Waals surface area (Å²) in [6, 6.07) is 10.8. The van der Waals surface area contributed by atoms with E-state index in [9.17, 15) is 9.59 Å². The molecule has 5 heteroatoms. The van der Waals surface area contributed by atoms with Crippen molar-refractivity contribution in [1.29, 1.82) is 0 Å². The Kier molecular flexibility index (Phi) is 3.55. The molecule has 112 valence electrons. The number of urea groups is 1. The van der Waals surface area contributed by atoms with Crippen molar-refractivity contribution in [1.82, 2.24) is 10.2 Å². The van der Waals surface area contributed by atoms with E-state index in [1.165, 1.54) is 4.90 Å². The predicted octanol–water partition coefficient (Wildman–Crippen LogP) is 2.99. The minimum absolute atomic E-state index is 0.256. The summed E-state index contributed by atoms with van der Waals surface area (Å²) in [6.07, 6.45) is 1.65. The first kappa shape index (κ1) is 14.1. The van der Waals surface area contributed by atoms with Gasteiger partial charge in [0.2, 0.25) is 0 Å². The highest BCUT2D eigenvalue weighted by molar-refractivity contribution is 6.13. The molecule has 0 aliphatic carbocycles. The van der Waals surface area contributed by atoms with E-state index in [4.69, 9.17) is 4.42 Å². The molecule has 0 bridgehead atoms. The van der Waals surface area contributed by atoms with Gasteiger partial charge in [0.1, 0.15) is 17.2 Å². The zero-order valence-electron chi connectivity index (χ0n) is 12.4. The number of hydrogen-bond acceptors (Lipinski definition) is 3. The first-order chi connectivity index (χ1) is 10.5. The quantitative estimate of drug-likeness (QED) is 0.699. The van der Waals surface area contributed by atoms with Crippen LogP contribution in [0.1, 0.15) is 22.6 Å². The van der Waals surface area contributed by atoms with Crippen molar-refractivity contribution in [3.05, 3.63) is 64.7 Å². The molecule has 22 heavy (non-hydrogen) atoms. The number of amides is 3. The Hall–Kier alpha value is -2.82. The number of carbonyl (C=O) groups excluding carboxylic acids is 2. The van der Waals surface area contributed by atoms with Gasteiger partial charge in [-0.3, -0.25) is 9.69 Å². The van der Waals surface area contributed by atoms with Crippen LogP contribution in [0.15, 0.2) is 46.5 Å². The molecule has 2 heterocycles. The van der Waals surface area contributed by atoms with Crippen LogP contribution >= 0.6 is 0 Å². The van der Waals surface area contributed by atoms with Crippen molar-refractivity contribution in [2.45, 2.75) is 20.4 Å². The predicted molar refractivity (Wildman–Crippen MR) is 81.7 cm³/mol. The molecule has 1 N–H and O–H groups in total. The molecule has 1 fully saturated rings. The summed E-state index contributed by atoms with van der Waals surface area (Å²) in [4.78, 5) is 25.6. The second kappa shape index (κ2) is 5.52. The summed E-state index contributed by atoms with van der Waals surface area (Å²) in [5.74, 6) is 1.16. The van der Waals surface area contributed by atoms with E-state index in [-0.39, 0.29) is 18.1 Å². The number of carbonyl (C=O) groups is 2. The lowest BCUT2D eigenvalue weighted by Gasteiger charge is -2.11. The van der Waals surface area contributed by atoms with E-state index in [0.717, 1.165) is 16.9 Å². The third-order valence-electron chi connectivity index (χ3n) is 3.53. The second-order valence-corrected chi connectivity index (χ2v) is 5.23. The maximum absolute atomic E-state index is 12.4. The number of benzene rings is 1. The van der Waals surface area contributed by atoms with Crippen molar-refractivity contribution in [3.8, 4) is 0 Å². The molecule has 3 amide bonds. The van der Waals surface area contributed by atoms with Crippen LogP contribution in [-0.4, -0.2) is 16.8 Å². The third kappa shape index (κ3) is 2.65. The average molecular weight is 296 g/mol. The molecule has 1 aromatic heterocycles. The molecule has 1 aromatic carbocycles. The Morgan fingerprint density at radius 1 is 1.18 bits per heavy atom. The normalized spacial score (nSPS) is 16.5. The minimum atomic E-state index is -0.405. The van der Waals surface area contributed by atoms with Crippen LogP contribution in [0.25, 0.3) is 6.08 Å². The van der Waals surface area contributed by atoms with Crippen molar-refractivity contribution in [3.63, 3.8) is 0 Å². The Labute approximate surface area is 128 Å². The van der Waals surface area contributed by atoms with Crippen LogP contribution in [0.4, 0.5) is 4.79 Å². The summed E-state index contributed by atoms with van der Waals surface area (Å²) >= 11 is 0. The highest BCUT2D eigenvalue weighted by Crippen LogP contribution is 2.20. The summed E-state index contributed by atoms with van der Waals surface area (Å²) in [5, 5.41) is 2.62. The molecule has 2 aromatic rings. The maximum atomic E-state index is 12.4. The standard InChI is InChI=1S/C17H16N2O3/c1-11-8-14(12(2)22-11)9-15-16(20)19(17(21)18-15)10-13-6-4-3-5-7-13/h3-9H,10H2,1-2H3,(H,18,21). The minimum Gasteiger partial charge on any atom is -0.466 e. The lowest BCUT2D eigenvalue weighted by atomic mass is 10.2. The van der Waals surface area contributed by atoms with Gasteiger partial charge in [-0.25, -0.2) is 4.79 Å². The SMILES string of the molecule is Cc1cc(C=C2NC(=O)N(Cc3ccccc3)C2=O)c(C)o1. The van der Waals surface area contributed by atoms with Gasteiger partial charge in [-0.1, -0.05) is 30.3 Å². The number of nitrogens with zero attached hydrogens (tertiary/aromatic N) is 1. The summed E-state index contributed by atoms with van der Waals surface area (Å²) in [7, 11) is 0. The Morgan fingerprint density at radius 2 is 1.91 bits per heavy atom. The van der Waals surface area contributed by atoms with Gasteiger partial charge in [0.15, 0.2) is 0 Å². The van der Waals surface area contributed by atoms with Gasteiger partial charge < -0.3 is 9.73 Å². The van der Waals surface area contributed by atoms with Gasteiger partial charge in [0.25, 0.3) is 5.91 Å². The molecule has 5 nitrogen and oxygen atoms in total. The van der Waals surface area contributed by atoms with E-state index in [1.54, 1.807) is 6.08 Å². The lowest BCUT2D eigenvalue weighted by molar-refractivity contribution is -0.123. The summed E-state index contributed by atoms with van der Waals surface area (Å²) in [6.45, 7) is 3.92. The van der Waals surface area contributed by atoms with Crippen LogP contribution in [0.2, 0.25) is 0 Å². The van der Waals surface area contributed by atoms with Gasteiger partial charge in [0.05, 0.1) is 6.54 Å². The zero-order valence-corrected chi connectivity index (χ0v) is 12.4. The van der Waals surface area contributed by atoms with Gasteiger partial charge in [-0.05, 0) is 31.6 Å². The summed E-state index contributed by atoms with van der Waals surface area (Å²) < 4.78 is 5.43. The molecule has 0 unspecified atom stereocenters. The first-order valence-electron chi connectivity index (χ1n) is 7.00. The monoisotopic (exact) mass is 296 g/mol. The van der Waals surface area contributed by atoms with Crippen molar-refractivity contribution < 1.29 is 14.0 Å². The third-order valence-corrected chi connectivity index (χ3v) is 3.53. The van der Waals surface area contributed by atoms with Crippen LogP contribution < -0.4 is 5.32 Å². The van der Waals surface area contributed by atoms with E-state index in [0.29, 0.717) is 5.76 Å². The van der Waals surface area contributed by atoms with Gasteiger partial charge >= 0.3 is 6.03 Å². The Bertz CT molecular complexity index is 759. The Morgan fingerprint density at radius 3 is 2.55 bits per heavy atom. The van der Waals surface area contributed by atoms with E-state index in [1.807, 2.05) is 50.2 Å². The topological polar surface area (TPSA) is 62.6 Å². The number of imide groups is 1.